The number of rotatable bonds is 9. The van der Waals surface area contributed by atoms with Gasteiger partial charge in [-0.3, -0.25) is 9.59 Å². The highest BCUT2D eigenvalue weighted by Gasteiger charge is 2.28. The van der Waals surface area contributed by atoms with Crippen molar-refractivity contribution in [3.63, 3.8) is 0 Å². The van der Waals surface area contributed by atoms with Crippen LogP contribution in [0.25, 0.3) is 0 Å². The molecule has 1 aliphatic rings. The van der Waals surface area contributed by atoms with Crippen molar-refractivity contribution in [1.82, 2.24) is 10.2 Å². The Balaban J connectivity index is 1.73. The second-order valence-electron chi connectivity index (χ2n) is 10.6. The third-order valence-electron chi connectivity index (χ3n) is 6.78. The van der Waals surface area contributed by atoms with E-state index in [-0.39, 0.29) is 29.9 Å². The van der Waals surface area contributed by atoms with E-state index in [4.69, 9.17) is 9.47 Å². The van der Waals surface area contributed by atoms with Crippen molar-refractivity contribution in [3.8, 4) is 11.5 Å². The standard InChI is InChI=1S/C29H39BrN2O4/c1-20(28(34)31-23-9-7-6-8-10-23)32(18-21-11-14-24(35-5)15-12-21)27(33)19-36-26-16-13-22(17-25(26)30)29(2,3)4/h11-17,20,23H,6-10,18-19H2,1-5H3,(H,31,34)/t20-/m0/s1. The van der Waals surface area contributed by atoms with Gasteiger partial charge < -0.3 is 19.7 Å². The van der Waals surface area contributed by atoms with Crippen LogP contribution in [0.3, 0.4) is 0 Å². The van der Waals surface area contributed by atoms with Crippen molar-refractivity contribution in [2.24, 2.45) is 0 Å². The molecule has 1 aliphatic carbocycles. The van der Waals surface area contributed by atoms with Crippen molar-refractivity contribution in [3.05, 3.63) is 58.1 Å². The number of methoxy groups -OCH3 is 1. The van der Waals surface area contributed by atoms with E-state index in [1.54, 1.807) is 18.9 Å². The van der Waals surface area contributed by atoms with E-state index in [0.717, 1.165) is 41.5 Å². The molecule has 3 rings (SSSR count). The van der Waals surface area contributed by atoms with Gasteiger partial charge in [-0.2, -0.15) is 0 Å². The average Bonchev–Trinajstić information content (AvgIpc) is 2.86. The maximum Gasteiger partial charge on any atom is 0.261 e. The number of amides is 2. The fraction of sp³-hybridized carbons (Fsp3) is 0.517. The van der Waals surface area contributed by atoms with E-state index >= 15 is 0 Å². The lowest BCUT2D eigenvalue weighted by atomic mass is 9.87. The van der Waals surface area contributed by atoms with Crippen molar-refractivity contribution in [1.29, 1.82) is 0 Å². The van der Waals surface area contributed by atoms with Gasteiger partial charge in [0.2, 0.25) is 5.91 Å². The van der Waals surface area contributed by atoms with Gasteiger partial charge in [0, 0.05) is 12.6 Å². The van der Waals surface area contributed by atoms with Gasteiger partial charge in [0.25, 0.3) is 5.91 Å². The Kier molecular flexibility index (Phi) is 9.83. The van der Waals surface area contributed by atoms with E-state index in [2.05, 4.69) is 42.0 Å². The summed E-state index contributed by atoms with van der Waals surface area (Å²) in [7, 11) is 1.62. The summed E-state index contributed by atoms with van der Waals surface area (Å²) in [4.78, 5) is 28.1. The summed E-state index contributed by atoms with van der Waals surface area (Å²) < 4.78 is 12.0. The molecule has 7 heteroatoms. The number of ether oxygens (including phenoxy) is 2. The molecule has 0 radical (unpaired) electrons. The van der Waals surface area contributed by atoms with Crippen LogP contribution in [0.1, 0.15) is 70.9 Å². The third kappa shape index (κ3) is 7.73. The molecule has 0 heterocycles. The maximum atomic E-state index is 13.4. The smallest absolute Gasteiger partial charge is 0.261 e. The first-order valence-corrected chi connectivity index (χ1v) is 13.5. The van der Waals surface area contributed by atoms with E-state index in [9.17, 15) is 9.59 Å². The molecule has 1 atom stereocenters. The summed E-state index contributed by atoms with van der Waals surface area (Å²) in [5, 5.41) is 3.16. The maximum absolute atomic E-state index is 13.4. The second kappa shape index (κ2) is 12.6. The normalized spacial score (nSPS) is 15.2. The number of hydrogen-bond acceptors (Lipinski definition) is 4. The summed E-state index contributed by atoms with van der Waals surface area (Å²) in [5.41, 5.74) is 2.09. The number of carbonyl (C=O) groups is 2. The van der Waals surface area contributed by atoms with E-state index in [1.807, 2.05) is 42.5 Å². The van der Waals surface area contributed by atoms with Crippen LogP contribution in [0.4, 0.5) is 0 Å². The minimum Gasteiger partial charge on any atom is -0.497 e. The molecule has 0 saturated heterocycles. The molecule has 36 heavy (non-hydrogen) atoms. The Morgan fingerprint density at radius 2 is 1.75 bits per heavy atom. The lowest BCUT2D eigenvalue weighted by Crippen LogP contribution is -2.51. The van der Waals surface area contributed by atoms with Crippen molar-refractivity contribution >= 4 is 27.7 Å². The van der Waals surface area contributed by atoms with E-state index in [1.165, 1.54) is 12.0 Å². The van der Waals surface area contributed by atoms with Crippen molar-refractivity contribution < 1.29 is 19.1 Å². The van der Waals surface area contributed by atoms with Gasteiger partial charge in [-0.1, -0.05) is 58.2 Å². The first-order valence-electron chi connectivity index (χ1n) is 12.7. The molecule has 0 spiro atoms. The molecule has 2 aromatic carbocycles. The van der Waals surface area contributed by atoms with Crippen LogP contribution in [0.2, 0.25) is 0 Å². The van der Waals surface area contributed by atoms with E-state index in [0.29, 0.717) is 12.3 Å². The Morgan fingerprint density at radius 1 is 1.08 bits per heavy atom. The molecular formula is C29H39BrN2O4. The minimum atomic E-state index is -0.628. The predicted molar refractivity (Wildman–Crippen MR) is 146 cm³/mol. The molecular weight excluding hydrogens is 520 g/mol. The van der Waals surface area contributed by atoms with Crippen molar-refractivity contribution in [2.45, 2.75) is 83.8 Å². The average molecular weight is 560 g/mol. The fourth-order valence-electron chi connectivity index (χ4n) is 4.39. The first kappa shape index (κ1) is 28.0. The summed E-state index contributed by atoms with van der Waals surface area (Å²) in [6.45, 7) is 8.37. The highest BCUT2D eigenvalue weighted by atomic mass is 79.9. The SMILES string of the molecule is COc1ccc(CN(C(=O)COc2ccc(C(C)(C)C)cc2Br)[C@@H](C)C(=O)NC2CCCCC2)cc1. The fourth-order valence-corrected chi connectivity index (χ4v) is 4.88. The molecule has 6 nitrogen and oxygen atoms in total. The van der Waals surface area contributed by atoms with Crippen LogP contribution in [0.15, 0.2) is 46.9 Å². The Labute approximate surface area is 223 Å². The van der Waals surface area contributed by atoms with Crippen LogP contribution in [0, 0.1) is 0 Å². The third-order valence-corrected chi connectivity index (χ3v) is 7.40. The van der Waals surface area contributed by atoms with Crippen LogP contribution in [-0.4, -0.2) is 42.5 Å². The van der Waals surface area contributed by atoms with Gasteiger partial charge in [-0.15, -0.1) is 0 Å². The number of nitrogens with one attached hydrogen (secondary N) is 1. The summed E-state index contributed by atoms with van der Waals surface area (Å²) >= 11 is 3.58. The van der Waals surface area contributed by atoms with Crippen LogP contribution >= 0.6 is 15.9 Å². The van der Waals surface area contributed by atoms with Gasteiger partial charge in [-0.25, -0.2) is 0 Å². The van der Waals surface area contributed by atoms with Gasteiger partial charge in [0.15, 0.2) is 6.61 Å². The molecule has 1 fully saturated rings. The predicted octanol–water partition coefficient (Wildman–Crippen LogP) is 6.00. The zero-order valence-electron chi connectivity index (χ0n) is 22.1. The molecule has 1 N–H and O–H groups in total. The molecule has 0 aromatic heterocycles. The molecule has 1 saturated carbocycles. The number of hydrogen-bond donors (Lipinski definition) is 1. The number of benzene rings is 2. The zero-order chi connectivity index (χ0) is 26.3. The van der Waals surface area contributed by atoms with Crippen LogP contribution in [-0.2, 0) is 21.5 Å². The Morgan fingerprint density at radius 3 is 2.33 bits per heavy atom. The lowest BCUT2D eigenvalue weighted by Gasteiger charge is -2.31. The molecule has 2 amide bonds. The number of carbonyl (C=O) groups excluding carboxylic acids is 2. The lowest BCUT2D eigenvalue weighted by molar-refractivity contribution is -0.142. The number of halogens is 1. The summed E-state index contributed by atoms with van der Waals surface area (Å²) in [6.07, 6.45) is 5.46. The summed E-state index contributed by atoms with van der Waals surface area (Å²) in [5.74, 6) is 0.968. The van der Waals surface area contributed by atoms with Crippen LogP contribution in [0.5, 0.6) is 11.5 Å². The van der Waals surface area contributed by atoms with Gasteiger partial charge in [0.05, 0.1) is 11.6 Å². The largest absolute Gasteiger partial charge is 0.497 e. The van der Waals surface area contributed by atoms with Gasteiger partial charge in [-0.05, 0) is 76.5 Å². The highest BCUT2D eigenvalue weighted by Crippen LogP contribution is 2.31. The topological polar surface area (TPSA) is 67.9 Å². The Hall–Kier alpha value is -2.54. The Bertz CT molecular complexity index is 1030. The van der Waals surface area contributed by atoms with Gasteiger partial charge >= 0.3 is 0 Å². The zero-order valence-corrected chi connectivity index (χ0v) is 23.7. The molecule has 0 aliphatic heterocycles. The summed E-state index contributed by atoms with van der Waals surface area (Å²) in [6, 6.07) is 13.0. The highest BCUT2D eigenvalue weighted by molar-refractivity contribution is 9.10. The first-order chi connectivity index (χ1) is 17.1. The van der Waals surface area contributed by atoms with Gasteiger partial charge in [0.1, 0.15) is 17.5 Å². The van der Waals surface area contributed by atoms with Crippen molar-refractivity contribution in [2.75, 3.05) is 13.7 Å². The van der Waals surface area contributed by atoms with E-state index < -0.39 is 6.04 Å². The molecule has 2 aromatic rings. The second-order valence-corrected chi connectivity index (χ2v) is 11.4. The quantitative estimate of drug-likeness (QED) is 0.409. The molecule has 0 bridgehead atoms. The number of nitrogens with zero attached hydrogens (tertiary/aromatic N) is 1. The van der Waals surface area contributed by atoms with Crippen LogP contribution < -0.4 is 14.8 Å². The monoisotopic (exact) mass is 558 g/mol. The minimum absolute atomic E-state index is 0.00710. The molecule has 196 valence electrons. The molecule has 0 unspecified atom stereocenters.